The molecule has 1 saturated carbocycles. The van der Waals surface area contributed by atoms with Crippen LogP contribution in [0.3, 0.4) is 0 Å². The zero-order valence-corrected chi connectivity index (χ0v) is 9.12. The van der Waals surface area contributed by atoms with E-state index in [1.165, 1.54) is 19.3 Å². The number of carbonyl (C=O) groups is 1. The zero-order valence-electron chi connectivity index (χ0n) is 9.12. The van der Waals surface area contributed by atoms with E-state index in [-0.39, 0.29) is 5.78 Å². The van der Waals surface area contributed by atoms with E-state index in [4.69, 9.17) is 0 Å². The van der Waals surface area contributed by atoms with Crippen LogP contribution < -0.4 is 0 Å². The molecule has 1 aliphatic rings. The Bertz CT molecular complexity index is 358. The summed E-state index contributed by atoms with van der Waals surface area (Å²) in [5.41, 5.74) is 2.26. The van der Waals surface area contributed by atoms with E-state index < -0.39 is 0 Å². The summed E-state index contributed by atoms with van der Waals surface area (Å²) < 4.78 is 0. The fourth-order valence-electron chi connectivity index (χ4n) is 2.03. The maximum atomic E-state index is 11.1. The van der Waals surface area contributed by atoms with Gasteiger partial charge < -0.3 is 4.98 Å². The standard InChI is InChI=1S/C13H17NO/c1-10(15)8-12(9-11-4-2-5-11)13-6-3-7-14-13/h3,6-8,11,14H,2,4-5,9H2,1H3. The number of nitrogens with one attached hydrogen (secondary N) is 1. The molecule has 1 aromatic heterocycles. The van der Waals surface area contributed by atoms with Crippen molar-refractivity contribution in [3.63, 3.8) is 0 Å². The SMILES string of the molecule is CC(=O)C=C(CC1CCC1)c1ccc[nH]1. The second kappa shape index (κ2) is 4.47. The van der Waals surface area contributed by atoms with Gasteiger partial charge in [0.1, 0.15) is 0 Å². The summed E-state index contributed by atoms with van der Waals surface area (Å²) in [6.45, 7) is 1.61. The third-order valence-corrected chi connectivity index (χ3v) is 3.05. The fraction of sp³-hybridized carbons (Fsp3) is 0.462. The molecule has 1 fully saturated rings. The second-order valence-corrected chi connectivity index (χ2v) is 4.37. The van der Waals surface area contributed by atoms with Crippen molar-refractivity contribution in [1.29, 1.82) is 0 Å². The van der Waals surface area contributed by atoms with Gasteiger partial charge in [0, 0.05) is 11.9 Å². The molecule has 0 aromatic carbocycles. The highest BCUT2D eigenvalue weighted by molar-refractivity contribution is 5.94. The summed E-state index contributed by atoms with van der Waals surface area (Å²) in [5, 5.41) is 0. The van der Waals surface area contributed by atoms with E-state index in [0.717, 1.165) is 23.6 Å². The molecule has 1 N–H and O–H groups in total. The third kappa shape index (κ3) is 2.58. The second-order valence-electron chi connectivity index (χ2n) is 4.37. The lowest BCUT2D eigenvalue weighted by Crippen LogP contribution is -2.11. The van der Waals surface area contributed by atoms with Gasteiger partial charge in [-0.3, -0.25) is 4.79 Å². The Morgan fingerprint density at radius 1 is 1.60 bits per heavy atom. The van der Waals surface area contributed by atoms with Crippen LogP contribution in [0.2, 0.25) is 0 Å². The van der Waals surface area contributed by atoms with Gasteiger partial charge in [0.25, 0.3) is 0 Å². The van der Waals surface area contributed by atoms with Crippen molar-refractivity contribution >= 4 is 11.4 Å². The van der Waals surface area contributed by atoms with Gasteiger partial charge in [0.15, 0.2) is 5.78 Å². The lowest BCUT2D eigenvalue weighted by atomic mass is 9.80. The summed E-state index contributed by atoms with van der Waals surface area (Å²) in [6.07, 6.45) is 8.70. The molecule has 1 aliphatic carbocycles. The van der Waals surface area contributed by atoms with Gasteiger partial charge in [-0.05, 0) is 43.0 Å². The predicted molar refractivity (Wildman–Crippen MR) is 61.4 cm³/mol. The van der Waals surface area contributed by atoms with Crippen LogP contribution in [0, 0.1) is 5.92 Å². The lowest BCUT2D eigenvalue weighted by Gasteiger charge is -2.26. The highest BCUT2D eigenvalue weighted by Crippen LogP contribution is 2.34. The van der Waals surface area contributed by atoms with Crippen molar-refractivity contribution < 1.29 is 4.79 Å². The van der Waals surface area contributed by atoms with Crippen molar-refractivity contribution in [1.82, 2.24) is 4.98 Å². The van der Waals surface area contributed by atoms with Gasteiger partial charge in [-0.2, -0.15) is 0 Å². The van der Waals surface area contributed by atoms with Crippen LogP contribution in [0.15, 0.2) is 24.4 Å². The number of allylic oxidation sites excluding steroid dienone is 2. The predicted octanol–water partition coefficient (Wildman–Crippen LogP) is 3.18. The molecule has 80 valence electrons. The highest BCUT2D eigenvalue weighted by Gasteiger charge is 2.19. The molecule has 0 radical (unpaired) electrons. The van der Waals surface area contributed by atoms with E-state index in [1.54, 1.807) is 13.0 Å². The molecule has 0 aliphatic heterocycles. The molecule has 0 bridgehead atoms. The zero-order chi connectivity index (χ0) is 10.7. The number of aromatic amines is 1. The molecule has 0 amide bonds. The summed E-state index contributed by atoms with van der Waals surface area (Å²) >= 11 is 0. The van der Waals surface area contributed by atoms with Crippen molar-refractivity contribution in [2.24, 2.45) is 5.92 Å². The fourth-order valence-corrected chi connectivity index (χ4v) is 2.03. The van der Waals surface area contributed by atoms with Gasteiger partial charge >= 0.3 is 0 Å². The van der Waals surface area contributed by atoms with Gasteiger partial charge in [0.2, 0.25) is 0 Å². The number of hydrogen-bond acceptors (Lipinski definition) is 1. The Labute approximate surface area is 90.4 Å². The van der Waals surface area contributed by atoms with Crippen LogP contribution in [0.1, 0.15) is 38.3 Å². The van der Waals surface area contributed by atoms with E-state index in [1.807, 2.05) is 18.3 Å². The van der Waals surface area contributed by atoms with E-state index in [0.29, 0.717) is 0 Å². The molecular weight excluding hydrogens is 186 g/mol. The number of ketones is 1. The van der Waals surface area contributed by atoms with Gasteiger partial charge in [-0.1, -0.05) is 19.3 Å². The normalized spacial score (nSPS) is 17.5. The first-order chi connectivity index (χ1) is 7.25. The average Bonchev–Trinajstić information content (AvgIpc) is 2.60. The van der Waals surface area contributed by atoms with Crippen molar-refractivity contribution in [3.05, 3.63) is 30.1 Å². The smallest absolute Gasteiger partial charge is 0.152 e. The number of aromatic nitrogens is 1. The molecule has 0 unspecified atom stereocenters. The van der Waals surface area contributed by atoms with Crippen LogP contribution in [-0.4, -0.2) is 10.8 Å². The minimum Gasteiger partial charge on any atom is -0.361 e. The quantitative estimate of drug-likeness (QED) is 0.749. The van der Waals surface area contributed by atoms with E-state index in [2.05, 4.69) is 4.98 Å². The Balaban J connectivity index is 2.12. The highest BCUT2D eigenvalue weighted by atomic mass is 16.1. The maximum Gasteiger partial charge on any atom is 0.152 e. The summed E-state index contributed by atoms with van der Waals surface area (Å²) in [5.74, 6) is 0.929. The van der Waals surface area contributed by atoms with Crippen LogP contribution >= 0.6 is 0 Å². The summed E-state index contributed by atoms with van der Waals surface area (Å²) in [7, 11) is 0. The molecule has 1 aromatic rings. The molecule has 0 atom stereocenters. The van der Waals surface area contributed by atoms with Gasteiger partial charge in [0.05, 0.1) is 0 Å². The van der Waals surface area contributed by atoms with Gasteiger partial charge in [-0.15, -0.1) is 0 Å². The molecule has 2 nitrogen and oxygen atoms in total. The Morgan fingerprint density at radius 2 is 2.40 bits per heavy atom. The molecule has 15 heavy (non-hydrogen) atoms. The van der Waals surface area contributed by atoms with Gasteiger partial charge in [-0.25, -0.2) is 0 Å². The maximum absolute atomic E-state index is 11.1. The number of H-pyrrole nitrogens is 1. The Morgan fingerprint density at radius 3 is 2.87 bits per heavy atom. The van der Waals surface area contributed by atoms with Crippen molar-refractivity contribution in [2.45, 2.75) is 32.6 Å². The van der Waals surface area contributed by atoms with Crippen molar-refractivity contribution in [2.75, 3.05) is 0 Å². The van der Waals surface area contributed by atoms with E-state index in [9.17, 15) is 4.79 Å². The molecule has 2 rings (SSSR count). The Kier molecular flexibility index (Phi) is 3.05. The monoisotopic (exact) mass is 203 g/mol. The topological polar surface area (TPSA) is 32.9 Å². The minimum atomic E-state index is 0.138. The Hall–Kier alpha value is -1.31. The first kappa shape index (κ1) is 10.2. The lowest BCUT2D eigenvalue weighted by molar-refractivity contribution is -0.112. The largest absolute Gasteiger partial charge is 0.361 e. The molecule has 0 spiro atoms. The first-order valence-electron chi connectivity index (χ1n) is 5.60. The molecular formula is C13H17NO. The third-order valence-electron chi connectivity index (χ3n) is 3.05. The van der Waals surface area contributed by atoms with Crippen LogP contribution in [0.4, 0.5) is 0 Å². The number of carbonyl (C=O) groups excluding carboxylic acids is 1. The summed E-state index contributed by atoms with van der Waals surface area (Å²) in [6, 6.07) is 4.01. The van der Waals surface area contributed by atoms with Crippen molar-refractivity contribution in [3.8, 4) is 0 Å². The first-order valence-corrected chi connectivity index (χ1v) is 5.60. The minimum absolute atomic E-state index is 0.138. The van der Waals surface area contributed by atoms with E-state index >= 15 is 0 Å². The average molecular weight is 203 g/mol. The number of rotatable bonds is 4. The summed E-state index contributed by atoms with van der Waals surface area (Å²) in [4.78, 5) is 14.3. The molecule has 2 heteroatoms. The molecule has 1 heterocycles. The molecule has 0 saturated heterocycles. The van der Waals surface area contributed by atoms with Crippen LogP contribution in [0.25, 0.3) is 5.57 Å². The van der Waals surface area contributed by atoms with Crippen LogP contribution in [0.5, 0.6) is 0 Å². The number of hydrogen-bond donors (Lipinski definition) is 1. The van der Waals surface area contributed by atoms with Crippen LogP contribution in [-0.2, 0) is 4.79 Å².